The number of rotatable bonds is 1. The molecule has 3 unspecified atom stereocenters. The Kier molecular flexibility index (Phi) is 2.12. The summed E-state index contributed by atoms with van der Waals surface area (Å²) in [6.45, 7) is 6.04. The average Bonchev–Trinajstić information content (AvgIpc) is 2.09. The Morgan fingerprint density at radius 2 is 2.20 bits per heavy atom. The molecule has 0 nitrogen and oxygen atoms in total. The van der Waals surface area contributed by atoms with Crippen molar-refractivity contribution in [1.82, 2.24) is 0 Å². The second-order valence-corrected chi connectivity index (χ2v) is 3.24. The van der Waals surface area contributed by atoms with Crippen molar-refractivity contribution < 1.29 is 4.39 Å². The largest absolute Gasteiger partial charge is 0.242 e. The number of hydrogen-bond acceptors (Lipinski definition) is 0. The first-order valence-corrected chi connectivity index (χ1v) is 3.99. The third-order valence-corrected chi connectivity index (χ3v) is 2.48. The smallest absolute Gasteiger partial charge is 0.124 e. The van der Waals surface area contributed by atoms with Gasteiger partial charge in [-0.1, -0.05) is 19.9 Å². The van der Waals surface area contributed by atoms with Crippen LogP contribution in [-0.2, 0) is 0 Å². The summed E-state index contributed by atoms with van der Waals surface area (Å²) in [5.41, 5.74) is 0.930. The predicted octanol–water partition coefficient (Wildman–Crippen LogP) is 2.95. The average molecular weight is 142 g/mol. The summed E-state index contributed by atoms with van der Waals surface area (Å²) in [6, 6.07) is 0. The van der Waals surface area contributed by atoms with E-state index in [9.17, 15) is 4.39 Å². The molecule has 0 aromatic carbocycles. The zero-order valence-corrected chi connectivity index (χ0v) is 6.89. The SMILES string of the molecule is CCC1C(C)C=C(C)C1F. The highest BCUT2D eigenvalue weighted by atomic mass is 19.1. The summed E-state index contributed by atoms with van der Waals surface area (Å²) < 4.78 is 13.2. The fourth-order valence-corrected chi connectivity index (χ4v) is 1.81. The van der Waals surface area contributed by atoms with Crippen LogP contribution in [0.2, 0.25) is 0 Å². The summed E-state index contributed by atoms with van der Waals surface area (Å²) >= 11 is 0. The molecule has 0 aliphatic heterocycles. The number of halogens is 1. The van der Waals surface area contributed by atoms with Crippen molar-refractivity contribution in [3.63, 3.8) is 0 Å². The lowest BCUT2D eigenvalue weighted by molar-refractivity contribution is 0.245. The standard InChI is InChI=1S/C9H15F/c1-4-8-6(2)5-7(3)9(8)10/h5-6,8-9H,4H2,1-3H3. The van der Waals surface area contributed by atoms with Gasteiger partial charge in [-0.05, 0) is 30.8 Å². The topological polar surface area (TPSA) is 0 Å². The van der Waals surface area contributed by atoms with Crippen LogP contribution in [0.5, 0.6) is 0 Å². The summed E-state index contributed by atoms with van der Waals surface area (Å²) in [6.07, 6.45) is 2.34. The molecule has 0 fully saturated rings. The molecular formula is C9H15F. The molecule has 0 saturated heterocycles. The molecule has 1 aliphatic rings. The first-order chi connectivity index (χ1) is 4.66. The van der Waals surface area contributed by atoms with E-state index >= 15 is 0 Å². The third-order valence-electron chi connectivity index (χ3n) is 2.48. The summed E-state index contributed by atoms with van der Waals surface area (Å²) in [5, 5.41) is 0. The Morgan fingerprint density at radius 1 is 1.60 bits per heavy atom. The molecule has 0 radical (unpaired) electrons. The molecule has 1 heteroatoms. The van der Waals surface area contributed by atoms with Gasteiger partial charge in [0.2, 0.25) is 0 Å². The molecule has 0 bridgehead atoms. The van der Waals surface area contributed by atoms with E-state index in [0.717, 1.165) is 12.0 Å². The van der Waals surface area contributed by atoms with Gasteiger partial charge < -0.3 is 0 Å². The highest BCUT2D eigenvalue weighted by Crippen LogP contribution is 2.34. The third kappa shape index (κ3) is 1.09. The molecule has 0 aromatic rings. The van der Waals surface area contributed by atoms with Crippen molar-refractivity contribution in [2.45, 2.75) is 33.4 Å². The first-order valence-electron chi connectivity index (χ1n) is 3.99. The van der Waals surface area contributed by atoms with Gasteiger partial charge in [0.05, 0.1) is 0 Å². The lowest BCUT2D eigenvalue weighted by Gasteiger charge is -2.15. The first kappa shape index (κ1) is 7.77. The minimum Gasteiger partial charge on any atom is -0.242 e. The highest BCUT2D eigenvalue weighted by Gasteiger charge is 2.30. The van der Waals surface area contributed by atoms with Gasteiger partial charge in [-0.2, -0.15) is 0 Å². The Morgan fingerprint density at radius 3 is 2.40 bits per heavy atom. The van der Waals surface area contributed by atoms with Crippen molar-refractivity contribution in [3.05, 3.63) is 11.6 Å². The minimum absolute atomic E-state index is 0.250. The Hall–Kier alpha value is -0.330. The molecule has 10 heavy (non-hydrogen) atoms. The summed E-state index contributed by atoms with van der Waals surface area (Å²) in [4.78, 5) is 0. The predicted molar refractivity (Wildman–Crippen MR) is 41.6 cm³/mol. The van der Waals surface area contributed by atoms with Crippen molar-refractivity contribution in [2.75, 3.05) is 0 Å². The quantitative estimate of drug-likeness (QED) is 0.494. The zero-order valence-electron chi connectivity index (χ0n) is 6.89. The normalized spacial score (nSPS) is 40.0. The Bertz CT molecular complexity index is 149. The maximum atomic E-state index is 13.2. The van der Waals surface area contributed by atoms with Crippen LogP contribution >= 0.6 is 0 Å². The zero-order chi connectivity index (χ0) is 7.72. The maximum Gasteiger partial charge on any atom is 0.124 e. The molecule has 0 saturated carbocycles. The van der Waals surface area contributed by atoms with Gasteiger partial charge in [-0.25, -0.2) is 4.39 Å². The fraction of sp³-hybridized carbons (Fsp3) is 0.778. The lowest BCUT2D eigenvalue weighted by atomic mass is 9.93. The van der Waals surface area contributed by atoms with Crippen LogP contribution in [0.25, 0.3) is 0 Å². The van der Waals surface area contributed by atoms with Gasteiger partial charge in [0.1, 0.15) is 6.17 Å². The van der Waals surface area contributed by atoms with Gasteiger partial charge in [-0.3, -0.25) is 0 Å². The molecule has 0 spiro atoms. The van der Waals surface area contributed by atoms with E-state index in [2.05, 4.69) is 19.9 Å². The number of hydrogen-bond donors (Lipinski definition) is 0. The van der Waals surface area contributed by atoms with Crippen LogP contribution in [0.1, 0.15) is 27.2 Å². The maximum absolute atomic E-state index is 13.2. The van der Waals surface area contributed by atoms with Crippen LogP contribution < -0.4 is 0 Å². The Labute approximate surface area is 62.1 Å². The number of alkyl halides is 1. The van der Waals surface area contributed by atoms with Crippen molar-refractivity contribution in [3.8, 4) is 0 Å². The van der Waals surface area contributed by atoms with Gasteiger partial charge in [0.25, 0.3) is 0 Å². The summed E-state index contributed by atoms with van der Waals surface area (Å²) in [5.74, 6) is 0.694. The molecule has 0 amide bonds. The molecule has 0 aromatic heterocycles. The Balaban J connectivity index is 2.66. The monoisotopic (exact) mass is 142 g/mol. The van der Waals surface area contributed by atoms with E-state index in [4.69, 9.17) is 0 Å². The summed E-state index contributed by atoms with van der Waals surface area (Å²) in [7, 11) is 0. The minimum atomic E-state index is -0.667. The van der Waals surface area contributed by atoms with E-state index in [1.165, 1.54) is 0 Å². The van der Waals surface area contributed by atoms with E-state index in [1.807, 2.05) is 6.92 Å². The van der Waals surface area contributed by atoms with E-state index < -0.39 is 6.17 Å². The van der Waals surface area contributed by atoms with Gasteiger partial charge in [-0.15, -0.1) is 0 Å². The van der Waals surface area contributed by atoms with Crippen LogP contribution in [0.15, 0.2) is 11.6 Å². The van der Waals surface area contributed by atoms with Crippen LogP contribution in [0.3, 0.4) is 0 Å². The van der Waals surface area contributed by atoms with Crippen molar-refractivity contribution in [1.29, 1.82) is 0 Å². The molecule has 0 N–H and O–H groups in total. The molecule has 58 valence electrons. The van der Waals surface area contributed by atoms with Gasteiger partial charge in [0.15, 0.2) is 0 Å². The fourth-order valence-electron chi connectivity index (χ4n) is 1.81. The lowest BCUT2D eigenvalue weighted by Crippen LogP contribution is -2.14. The van der Waals surface area contributed by atoms with Crippen LogP contribution in [-0.4, -0.2) is 6.17 Å². The van der Waals surface area contributed by atoms with Crippen LogP contribution in [0, 0.1) is 11.8 Å². The molecule has 0 heterocycles. The molecule has 3 atom stereocenters. The van der Waals surface area contributed by atoms with Crippen LogP contribution in [0.4, 0.5) is 4.39 Å². The van der Waals surface area contributed by atoms with Gasteiger partial charge in [0, 0.05) is 0 Å². The van der Waals surface area contributed by atoms with Crippen molar-refractivity contribution in [2.24, 2.45) is 11.8 Å². The molecular weight excluding hydrogens is 127 g/mol. The van der Waals surface area contributed by atoms with Crippen molar-refractivity contribution >= 4 is 0 Å². The highest BCUT2D eigenvalue weighted by molar-refractivity contribution is 5.16. The van der Waals surface area contributed by atoms with E-state index in [1.54, 1.807) is 0 Å². The van der Waals surface area contributed by atoms with E-state index in [0.29, 0.717) is 5.92 Å². The number of allylic oxidation sites excluding steroid dienone is 2. The second-order valence-electron chi connectivity index (χ2n) is 3.24. The van der Waals surface area contributed by atoms with E-state index in [-0.39, 0.29) is 5.92 Å². The van der Waals surface area contributed by atoms with Gasteiger partial charge >= 0.3 is 0 Å². The molecule has 1 aliphatic carbocycles. The second kappa shape index (κ2) is 2.73. The molecule has 1 rings (SSSR count).